The third-order valence-electron chi connectivity index (χ3n) is 7.69. The van der Waals surface area contributed by atoms with E-state index < -0.39 is 5.41 Å². The summed E-state index contributed by atoms with van der Waals surface area (Å²) in [6, 6.07) is 12.6. The second-order valence-electron chi connectivity index (χ2n) is 10.2. The van der Waals surface area contributed by atoms with Crippen LogP contribution >= 0.6 is 0 Å². The van der Waals surface area contributed by atoms with E-state index in [1.807, 2.05) is 12.1 Å². The standard InChI is InChI=1S/C29H39FN2O3/c1-22-9-15-32(16-10-22)14-4-13-31-28(33)29(11-17-35-18-12-29)21-23-5-3-6-24(19-23)26-20-25(30)7-8-27(26)34-2/h3,5-8,19-20,22H,4,9-18,21H2,1-2H3,(H,31,33). The molecule has 2 saturated heterocycles. The van der Waals surface area contributed by atoms with Gasteiger partial charge in [0.2, 0.25) is 5.91 Å². The van der Waals surface area contributed by atoms with Gasteiger partial charge in [-0.15, -0.1) is 0 Å². The lowest BCUT2D eigenvalue weighted by Crippen LogP contribution is -2.46. The molecule has 2 aromatic rings. The summed E-state index contributed by atoms with van der Waals surface area (Å²) < 4.78 is 25.0. The number of carbonyl (C=O) groups is 1. The van der Waals surface area contributed by atoms with Crippen LogP contribution in [0.15, 0.2) is 42.5 Å². The molecule has 0 saturated carbocycles. The number of ether oxygens (including phenoxy) is 2. The van der Waals surface area contributed by atoms with Crippen molar-refractivity contribution in [3.8, 4) is 16.9 Å². The number of carbonyl (C=O) groups excluding carboxylic acids is 1. The largest absolute Gasteiger partial charge is 0.496 e. The average Bonchev–Trinajstić information content (AvgIpc) is 2.88. The zero-order valence-electron chi connectivity index (χ0n) is 21.2. The molecule has 2 fully saturated rings. The Labute approximate surface area is 209 Å². The first kappa shape index (κ1) is 25.6. The molecule has 2 heterocycles. The Morgan fingerprint density at radius 3 is 2.69 bits per heavy atom. The molecule has 1 N–H and O–H groups in total. The number of nitrogens with zero attached hydrogens (tertiary/aromatic N) is 1. The van der Waals surface area contributed by atoms with Crippen LogP contribution in [0.4, 0.5) is 4.39 Å². The van der Waals surface area contributed by atoms with Crippen molar-refractivity contribution in [1.82, 2.24) is 10.2 Å². The summed E-state index contributed by atoms with van der Waals surface area (Å²) in [7, 11) is 1.59. The van der Waals surface area contributed by atoms with Crippen LogP contribution in [-0.4, -0.2) is 57.3 Å². The fraction of sp³-hybridized carbons (Fsp3) is 0.552. The first-order valence-electron chi connectivity index (χ1n) is 13.0. The van der Waals surface area contributed by atoms with Crippen molar-refractivity contribution in [3.63, 3.8) is 0 Å². The van der Waals surface area contributed by atoms with Gasteiger partial charge in [-0.05, 0) is 93.4 Å². The highest BCUT2D eigenvalue weighted by Gasteiger charge is 2.40. The van der Waals surface area contributed by atoms with Crippen molar-refractivity contribution in [3.05, 3.63) is 53.8 Å². The van der Waals surface area contributed by atoms with E-state index in [4.69, 9.17) is 9.47 Å². The molecule has 2 aliphatic rings. The molecule has 0 spiro atoms. The second kappa shape index (κ2) is 12.0. The molecule has 2 aliphatic heterocycles. The molecule has 0 radical (unpaired) electrons. The molecule has 0 unspecified atom stereocenters. The fourth-order valence-electron chi connectivity index (χ4n) is 5.37. The van der Waals surface area contributed by atoms with Crippen molar-refractivity contribution in [1.29, 1.82) is 0 Å². The normalized spacial score (nSPS) is 18.8. The summed E-state index contributed by atoms with van der Waals surface area (Å²) in [6.45, 7) is 7.60. The molecule has 35 heavy (non-hydrogen) atoms. The third-order valence-corrected chi connectivity index (χ3v) is 7.69. The minimum absolute atomic E-state index is 0.127. The summed E-state index contributed by atoms with van der Waals surface area (Å²) in [5.41, 5.74) is 2.18. The molecule has 6 heteroatoms. The van der Waals surface area contributed by atoms with Gasteiger partial charge < -0.3 is 19.7 Å². The van der Waals surface area contributed by atoms with Crippen molar-refractivity contribution in [2.75, 3.05) is 46.5 Å². The predicted octanol–water partition coefficient (Wildman–Crippen LogP) is 5.08. The van der Waals surface area contributed by atoms with Crippen molar-refractivity contribution >= 4 is 5.91 Å². The molecule has 0 atom stereocenters. The van der Waals surface area contributed by atoms with E-state index in [1.165, 1.54) is 38.1 Å². The fourth-order valence-corrected chi connectivity index (χ4v) is 5.37. The summed E-state index contributed by atoms with van der Waals surface area (Å²) in [5.74, 6) is 1.29. The quantitative estimate of drug-likeness (QED) is 0.507. The van der Waals surface area contributed by atoms with E-state index in [-0.39, 0.29) is 11.7 Å². The summed E-state index contributed by atoms with van der Waals surface area (Å²) >= 11 is 0. The number of amides is 1. The number of hydrogen-bond acceptors (Lipinski definition) is 4. The number of methoxy groups -OCH3 is 1. The highest BCUT2D eigenvalue weighted by atomic mass is 19.1. The van der Waals surface area contributed by atoms with Gasteiger partial charge >= 0.3 is 0 Å². The number of benzene rings is 2. The summed E-state index contributed by atoms with van der Waals surface area (Å²) in [6.07, 6.45) is 5.57. The predicted molar refractivity (Wildman–Crippen MR) is 137 cm³/mol. The zero-order valence-corrected chi connectivity index (χ0v) is 21.2. The van der Waals surface area contributed by atoms with E-state index >= 15 is 0 Å². The van der Waals surface area contributed by atoms with Gasteiger partial charge in [-0.1, -0.05) is 31.2 Å². The number of hydrogen-bond donors (Lipinski definition) is 1. The second-order valence-corrected chi connectivity index (χ2v) is 10.2. The molecule has 0 aliphatic carbocycles. The highest BCUT2D eigenvalue weighted by Crippen LogP contribution is 2.37. The van der Waals surface area contributed by atoms with Crippen molar-refractivity contribution in [2.24, 2.45) is 11.3 Å². The van der Waals surface area contributed by atoms with Crippen LogP contribution in [0.25, 0.3) is 11.1 Å². The SMILES string of the molecule is COc1ccc(F)cc1-c1cccc(CC2(C(=O)NCCCN3CCC(C)CC3)CCOCC2)c1. The minimum Gasteiger partial charge on any atom is -0.496 e. The summed E-state index contributed by atoms with van der Waals surface area (Å²) in [4.78, 5) is 16.0. The molecular formula is C29H39FN2O3. The van der Waals surface area contributed by atoms with Gasteiger partial charge in [0.25, 0.3) is 0 Å². The zero-order chi connectivity index (χ0) is 24.7. The maximum atomic E-state index is 14.0. The monoisotopic (exact) mass is 482 g/mol. The van der Waals surface area contributed by atoms with Gasteiger partial charge in [-0.25, -0.2) is 4.39 Å². The van der Waals surface area contributed by atoms with Crippen LogP contribution in [0.5, 0.6) is 5.75 Å². The Hall–Kier alpha value is -2.44. The Morgan fingerprint density at radius 1 is 1.17 bits per heavy atom. The maximum absolute atomic E-state index is 14.0. The van der Waals surface area contributed by atoms with E-state index in [0.29, 0.717) is 50.3 Å². The molecule has 0 bridgehead atoms. The van der Waals surface area contributed by atoms with Crippen LogP contribution in [0.3, 0.4) is 0 Å². The molecule has 1 amide bonds. The number of rotatable bonds is 9. The number of piperidine rings is 1. The Morgan fingerprint density at radius 2 is 1.94 bits per heavy atom. The maximum Gasteiger partial charge on any atom is 0.226 e. The minimum atomic E-state index is -0.483. The van der Waals surface area contributed by atoms with Gasteiger partial charge in [0.05, 0.1) is 12.5 Å². The molecule has 0 aromatic heterocycles. The average molecular weight is 483 g/mol. The van der Waals surface area contributed by atoms with Gasteiger partial charge in [0.15, 0.2) is 0 Å². The topological polar surface area (TPSA) is 50.8 Å². The molecular weight excluding hydrogens is 443 g/mol. The lowest BCUT2D eigenvalue weighted by molar-refractivity contribution is -0.136. The van der Waals surface area contributed by atoms with Crippen LogP contribution in [0.2, 0.25) is 0 Å². The van der Waals surface area contributed by atoms with Gasteiger partial charge in [0.1, 0.15) is 11.6 Å². The van der Waals surface area contributed by atoms with E-state index in [9.17, 15) is 9.18 Å². The lowest BCUT2D eigenvalue weighted by Gasteiger charge is -2.36. The van der Waals surface area contributed by atoms with Crippen LogP contribution < -0.4 is 10.1 Å². The first-order chi connectivity index (χ1) is 17.0. The first-order valence-corrected chi connectivity index (χ1v) is 13.0. The number of likely N-dealkylation sites (tertiary alicyclic amines) is 1. The Balaban J connectivity index is 1.42. The van der Waals surface area contributed by atoms with Crippen LogP contribution in [-0.2, 0) is 16.0 Å². The molecule has 190 valence electrons. The van der Waals surface area contributed by atoms with Crippen molar-refractivity contribution in [2.45, 2.75) is 45.4 Å². The number of halogens is 1. The molecule has 5 nitrogen and oxygen atoms in total. The Kier molecular flexibility index (Phi) is 8.79. The van der Waals surface area contributed by atoms with Crippen LogP contribution in [0, 0.1) is 17.2 Å². The molecule has 4 rings (SSSR count). The van der Waals surface area contributed by atoms with Gasteiger partial charge in [0, 0.05) is 25.3 Å². The van der Waals surface area contributed by atoms with E-state index in [0.717, 1.165) is 30.0 Å². The number of nitrogens with one attached hydrogen (secondary N) is 1. The van der Waals surface area contributed by atoms with Gasteiger partial charge in [-0.3, -0.25) is 4.79 Å². The Bertz CT molecular complexity index is 982. The molecule has 2 aromatic carbocycles. The third kappa shape index (κ3) is 6.62. The smallest absolute Gasteiger partial charge is 0.226 e. The van der Waals surface area contributed by atoms with E-state index in [1.54, 1.807) is 13.2 Å². The van der Waals surface area contributed by atoms with Crippen LogP contribution in [0.1, 0.15) is 44.6 Å². The highest BCUT2D eigenvalue weighted by molar-refractivity contribution is 5.83. The lowest BCUT2D eigenvalue weighted by atomic mass is 9.74. The van der Waals surface area contributed by atoms with Gasteiger partial charge in [-0.2, -0.15) is 0 Å². The van der Waals surface area contributed by atoms with E-state index in [2.05, 4.69) is 29.3 Å². The summed E-state index contributed by atoms with van der Waals surface area (Å²) in [5, 5.41) is 3.24. The van der Waals surface area contributed by atoms with Crippen molar-refractivity contribution < 1.29 is 18.7 Å².